The van der Waals surface area contributed by atoms with Gasteiger partial charge in [0.2, 0.25) is 0 Å². The van der Waals surface area contributed by atoms with Gasteiger partial charge in [-0.1, -0.05) is 91.0 Å². The molecule has 4 heterocycles. The van der Waals surface area contributed by atoms with E-state index in [1.165, 1.54) is 43.6 Å². The van der Waals surface area contributed by atoms with Crippen LogP contribution in [0.15, 0.2) is 179 Å². The lowest BCUT2D eigenvalue weighted by molar-refractivity contribution is 0.668. The molecule has 0 saturated heterocycles. The van der Waals surface area contributed by atoms with Crippen LogP contribution in [-0.2, 0) is 0 Å². The zero-order valence-electron chi connectivity index (χ0n) is 27.9. The second kappa shape index (κ2) is 10.3. The van der Waals surface area contributed by atoms with Gasteiger partial charge in [0.15, 0.2) is 0 Å². The molecule has 242 valence electrons. The highest BCUT2D eigenvalue weighted by Crippen LogP contribution is 2.43. The Kier molecular flexibility index (Phi) is 5.47. The van der Waals surface area contributed by atoms with E-state index in [4.69, 9.17) is 8.83 Å². The van der Waals surface area contributed by atoms with Gasteiger partial charge in [0.05, 0.1) is 22.1 Å². The minimum atomic E-state index is 0.863. The van der Waals surface area contributed by atoms with Crippen molar-refractivity contribution >= 4 is 87.5 Å². The molecule has 12 aromatic rings. The fourth-order valence-electron chi connectivity index (χ4n) is 8.62. The van der Waals surface area contributed by atoms with Crippen molar-refractivity contribution in [1.82, 2.24) is 9.13 Å². The molecular formula is C48H28N2O2. The van der Waals surface area contributed by atoms with E-state index in [0.717, 1.165) is 66.4 Å². The van der Waals surface area contributed by atoms with Crippen LogP contribution in [-0.4, -0.2) is 9.13 Å². The molecule has 8 aromatic carbocycles. The molecule has 0 saturated carbocycles. The summed E-state index contributed by atoms with van der Waals surface area (Å²) < 4.78 is 17.6. The lowest BCUT2D eigenvalue weighted by atomic mass is 10.0. The van der Waals surface area contributed by atoms with Gasteiger partial charge in [0, 0.05) is 60.5 Å². The zero-order chi connectivity index (χ0) is 33.9. The van der Waals surface area contributed by atoms with Crippen LogP contribution in [0.3, 0.4) is 0 Å². The Hall–Kier alpha value is -7.04. The van der Waals surface area contributed by atoms with Gasteiger partial charge in [0.1, 0.15) is 22.3 Å². The predicted molar refractivity (Wildman–Crippen MR) is 215 cm³/mol. The number of furan rings is 2. The molecule has 0 radical (unpaired) electrons. The van der Waals surface area contributed by atoms with E-state index in [1.54, 1.807) is 0 Å². The van der Waals surface area contributed by atoms with Crippen LogP contribution in [0.4, 0.5) is 0 Å². The second-order valence-electron chi connectivity index (χ2n) is 13.7. The van der Waals surface area contributed by atoms with Crippen LogP contribution >= 0.6 is 0 Å². The van der Waals surface area contributed by atoms with E-state index in [1.807, 2.05) is 12.1 Å². The molecule has 0 unspecified atom stereocenters. The number of nitrogens with zero attached hydrogens (tertiary/aromatic N) is 2. The summed E-state index contributed by atoms with van der Waals surface area (Å²) in [5.74, 6) is 0. The Labute approximate surface area is 296 Å². The van der Waals surface area contributed by atoms with Gasteiger partial charge < -0.3 is 18.0 Å². The maximum atomic E-state index is 6.60. The molecule has 0 spiro atoms. The maximum Gasteiger partial charge on any atom is 0.137 e. The average molecular weight is 665 g/mol. The van der Waals surface area contributed by atoms with E-state index in [-0.39, 0.29) is 0 Å². The molecule has 0 aliphatic carbocycles. The normalized spacial score (nSPS) is 12.2. The predicted octanol–water partition coefficient (Wildman–Crippen LogP) is 13.3. The Bertz CT molecular complexity index is 3410. The monoisotopic (exact) mass is 664 g/mol. The summed E-state index contributed by atoms with van der Waals surface area (Å²) in [7, 11) is 0. The van der Waals surface area contributed by atoms with Crippen molar-refractivity contribution in [2.45, 2.75) is 0 Å². The lowest BCUT2D eigenvalue weighted by Gasteiger charge is -2.10. The molecule has 4 nitrogen and oxygen atoms in total. The smallest absolute Gasteiger partial charge is 0.137 e. The summed E-state index contributed by atoms with van der Waals surface area (Å²) in [6, 6.07) is 60.6. The lowest BCUT2D eigenvalue weighted by Crippen LogP contribution is -1.95. The second-order valence-corrected chi connectivity index (χ2v) is 13.7. The standard InChI is InChI=1S/C48H28N2O2/c1-2-10-31(11-3-1)49-41-16-8-5-14-38(41)47-42(49)24-23-37-33-12-4-7-15-40(33)50(48(37)47)32-20-22-36-39-26-29(19-25-44(39)52-46(36)28-32)30-18-21-35-34-13-6-9-17-43(34)51-45(35)27-30/h1-28H. The highest BCUT2D eigenvalue weighted by Gasteiger charge is 2.21. The van der Waals surface area contributed by atoms with Crippen molar-refractivity contribution in [3.05, 3.63) is 170 Å². The number of fused-ring (bicyclic) bond motifs is 13. The summed E-state index contributed by atoms with van der Waals surface area (Å²) in [6.45, 7) is 0. The average Bonchev–Trinajstić information content (AvgIpc) is 3.94. The molecule has 4 aromatic heterocycles. The SMILES string of the molecule is c1ccc(-n2c3ccccc3c3c2ccc2c4ccccc4n(-c4ccc5c(c4)oc4ccc(-c6ccc7c(c6)oc6ccccc67)cc45)c23)cc1. The maximum absolute atomic E-state index is 6.60. The fraction of sp³-hybridized carbons (Fsp3) is 0. The van der Waals surface area contributed by atoms with E-state index in [2.05, 4.69) is 167 Å². The Morgan fingerprint density at radius 1 is 0.308 bits per heavy atom. The first kappa shape index (κ1) is 27.7. The van der Waals surface area contributed by atoms with Crippen molar-refractivity contribution in [2.75, 3.05) is 0 Å². The van der Waals surface area contributed by atoms with Crippen LogP contribution in [0.2, 0.25) is 0 Å². The largest absolute Gasteiger partial charge is 0.456 e. The highest BCUT2D eigenvalue weighted by molar-refractivity contribution is 6.26. The zero-order valence-corrected chi connectivity index (χ0v) is 27.9. The number of hydrogen-bond donors (Lipinski definition) is 0. The molecule has 0 bridgehead atoms. The minimum Gasteiger partial charge on any atom is -0.456 e. The number of hydrogen-bond acceptors (Lipinski definition) is 2. The molecule has 0 amide bonds. The van der Waals surface area contributed by atoms with Gasteiger partial charge in [0.25, 0.3) is 0 Å². The Morgan fingerprint density at radius 3 is 1.77 bits per heavy atom. The van der Waals surface area contributed by atoms with Crippen molar-refractivity contribution in [2.24, 2.45) is 0 Å². The van der Waals surface area contributed by atoms with Crippen LogP contribution in [0, 0.1) is 0 Å². The van der Waals surface area contributed by atoms with Gasteiger partial charge in [-0.15, -0.1) is 0 Å². The topological polar surface area (TPSA) is 36.1 Å². The van der Waals surface area contributed by atoms with Gasteiger partial charge in [-0.2, -0.15) is 0 Å². The quantitative estimate of drug-likeness (QED) is 0.188. The minimum absolute atomic E-state index is 0.863. The number of para-hydroxylation sites is 4. The van der Waals surface area contributed by atoms with Crippen LogP contribution in [0.5, 0.6) is 0 Å². The molecule has 0 N–H and O–H groups in total. The number of benzene rings is 8. The first-order valence-corrected chi connectivity index (χ1v) is 17.7. The van der Waals surface area contributed by atoms with Crippen molar-refractivity contribution in [3.8, 4) is 22.5 Å². The van der Waals surface area contributed by atoms with Crippen LogP contribution < -0.4 is 0 Å². The molecule has 0 atom stereocenters. The van der Waals surface area contributed by atoms with E-state index < -0.39 is 0 Å². The van der Waals surface area contributed by atoms with Crippen molar-refractivity contribution in [3.63, 3.8) is 0 Å². The van der Waals surface area contributed by atoms with Gasteiger partial charge in [-0.05, 0) is 83.9 Å². The molecule has 0 aliphatic heterocycles. The third kappa shape index (κ3) is 3.75. The molecule has 52 heavy (non-hydrogen) atoms. The third-order valence-electron chi connectivity index (χ3n) is 10.9. The van der Waals surface area contributed by atoms with Crippen LogP contribution in [0.25, 0.3) is 110 Å². The summed E-state index contributed by atoms with van der Waals surface area (Å²) in [5.41, 5.74) is 12.7. The molecule has 0 aliphatic rings. The Balaban J connectivity index is 1.08. The molecule has 4 heteroatoms. The first-order chi connectivity index (χ1) is 25.8. The van der Waals surface area contributed by atoms with Crippen molar-refractivity contribution in [1.29, 1.82) is 0 Å². The molecule has 12 rings (SSSR count). The summed E-state index contributed by atoms with van der Waals surface area (Å²) in [4.78, 5) is 0. The molecule has 0 fully saturated rings. The first-order valence-electron chi connectivity index (χ1n) is 17.7. The summed E-state index contributed by atoms with van der Waals surface area (Å²) in [6.07, 6.45) is 0. The highest BCUT2D eigenvalue weighted by atomic mass is 16.3. The van der Waals surface area contributed by atoms with Gasteiger partial charge in [-0.25, -0.2) is 0 Å². The van der Waals surface area contributed by atoms with E-state index >= 15 is 0 Å². The summed E-state index contributed by atoms with van der Waals surface area (Å²) in [5, 5.41) is 9.40. The number of rotatable bonds is 3. The third-order valence-corrected chi connectivity index (χ3v) is 10.9. The van der Waals surface area contributed by atoms with E-state index in [0.29, 0.717) is 0 Å². The summed E-state index contributed by atoms with van der Waals surface area (Å²) >= 11 is 0. The molecular weight excluding hydrogens is 637 g/mol. The Morgan fingerprint density at radius 2 is 0.904 bits per heavy atom. The van der Waals surface area contributed by atoms with Gasteiger partial charge >= 0.3 is 0 Å². The van der Waals surface area contributed by atoms with Crippen LogP contribution in [0.1, 0.15) is 0 Å². The van der Waals surface area contributed by atoms with Gasteiger partial charge in [-0.3, -0.25) is 0 Å². The number of aromatic nitrogens is 2. The van der Waals surface area contributed by atoms with Crippen molar-refractivity contribution < 1.29 is 8.83 Å². The van der Waals surface area contributed by atoms with E-state index in [9.17, 15) is 0 Å². The fourth-order valence-corrected chi connectivity index (χ4v) is 8.62.